The van der Waals surface area contributed by atoms with Gasteiger partial charge in [0.05, 0.1) is 11.7 Å². The highest BCUT2D eigenvalue weighted by Gasteiger charge is 2.32. The second kappa shape index (κ2) is 5.02. The van der Waals surface area contributed by atoms with E-state index >= 15 is 0 Å². The molecule has 1 aliphatic carbocycles. The molecular formula is C13H12BrN3OS. The highest BCUT2D eigenvalue weighted by atomic mass is 79.9. The summed E-state index contributed by atoms with van der Waals surface area (Å²) in [6.45, 7) is 1.80. The van der Waals surface area contributed by atoms with E-state index in [9.17, 15) is 4.79 Å². The monoisotopic (exact) mass is 337 g/mol. The third-order valence-corrected chi connectivity index (χ3v) is 4.99. The number of hydrogen-bond acceptors (Lipinski definition) is 4. The fourth-order valence-electron chi connectivity index (χ4n) is 2.36. The fraction of sp³-hybridized carbons (Fsp3) is 0.308. The van der Waals surface area contributed by atoms with E-state index in [1.54, 1.807) is 6.92 Å². The van der Waals surface area contributed by atoms with Crippen LogP contribution in [0, 0.1) is 6.92 Å². The highest BCUT2D eigenvalue weighted by Crippen LogP contribution is 2.36. The van der Waals surface area contributed by atoms with Crippen molar-refractivity contribution in [1.82, 2.24) is 14.9 Å². The predicted molar refractivity (Wildman–Crippen MR) is 77.7 cm³/mol. The summed E-state index contributed by atoms with van der Waals surface area (Å²) in [5.41, 5.74) is 3.15. The zero-order valence-electron chi connectivity index (χ0n) is 10.3. The molecule has 0 bridgehead atoms. The van der Waals surface area contributed by atoms with E-state index in [-0.39, 0.29) is 16.8 Å². The summed E-state index contributed by atoms with van der Waals surface area (Å²) in [5, 5.41) is 6.94. The smallest absolute Gasteiger partial charge is 0.265 e. The Morgan fingerprint density at radius 3 is 3.00 bits per heavy atom. The van der Waals surface area contributed by atoms with Crippen molar-refractivity contribution in [2.75, 3.05) is 0 Å². The molecule has 1 aliphatic rings. The molecule has 98 valence electrons. The van der Waals surface area contributed by atoms with Gasteiger partial charge in [-0.15, -0.1) is 5.10 Å². The van der Waals surface area contributed by atoms with Gasteiger partial charge in [-0.25, -0.2) is 0 Å². The van der Waals surface area contributed by atoms with Crippen molar-refractivity contribution in [3.05, 3.63) is 46.0 Å². The molecule has 2 aromatic rings. The zero-order valence-corrected chi connectivity index (χ0v) is 12.7. The SMILES string of the molecule is Cc1nnsc1C(=O)NC1c2ccccc2CC1Br. The fourth-order valence-corrected chi connectivity index (χ4v) is 3.69. The second-order valence-electron chi connectivity index (χ2n) is 4.56. The molecule has 0 fully saturated rings. The summed E-state index contributed by atoms with van der Waals surface area (Å²) in [7, 11) is 0. The Balaban J connectivity index is 1.84. The summed E-state index contributed by atoms with van der Waals surface area (Å²) < 4.78 is 3.80. The van der Waals surface area contributed by atoms with Crippen LogP contribution in [0.3, 0.4) is 0 Å². The normalized spacial score (nSPS) is 21.2. The molecule has 0 saturated carbocycles. The number of halogens is 1. The largest absolute Gasteiger partial charge is 0.343 e. The van der Waals surface area contributed by atoms with Crippen LogP contribution >= 0.6 is 27.5 Å². The number of fused-ring (bicyclic) bond motifs is 1. The number of aryl methyl sites for hydroxylation is 1. The lowest BCUT2D eigenvalue weighted by molar-refractivity contribution is 0.0941. The standard InChI is InChI=1S/C13H12BrN3OS/c1-7-12(19-17-16-7)13(18)15-11-9-5-3-2-4-8(9)6-10(11)14/h2-5,10-11H,6H2,1H3,(H,15,18). The summed E-state index contributed by atoms with van der Waals surface area (Å²) in [5.74, 6) is -0.0985. The van der Waals surface area contributed by atoms with Gasteiger partial charge in [0.25, 0.3) is 5.91 Å². The number of benzene rings is 1. The number of nitrogens with one attached hydrogen (secondary N) is 1. The first-order valence-electron chi connectivity index (χ1n) is 5.98. The van der Waals surface area contributed by atoms with E-state index in [1.807, 2.05) is 12.1 Å². The Labute approximate surface area is 123 Å². The van der Waals surface area contributed by atoms with Crippen molar-refractivity contribution in [3.8, 4) is 0 Å². The third-order valence-electron chi connectivity index (χ3n) is 3.31. The molecule has 4 nitrogen and oxygen atoms in total. The molecular weight excluding hydrogens is 326 g/mol. The van der Waals surface area contributed by atoms with Crippen LogP contribution in [0.25, 0.3) is 0 Å². The first-order valence-corrected chi connectivity index (χ1v) is 7.67. The third kappa shape index (κ3) is 2.30. The van der Waals surface area contributed by atoms with Crippen molar-refractivity contribution in [3.63, 3.8) is 0 Å². The zero-order chi connectivity index (χ0) is 13.4. The molecule has 2 atom stereocenters. The van der Waals surface area contributed by atoms with Gasteiger partial charge in [-0.3, -0.25) is 4.79 Å². The van der Waals surface area contributed by atoms with E-state index in [1.165, 1.54) is 11.1 Å². The number of alkyl halides is 1. The van der Waals surface area contributed by atoms with Crippen LogP contribution in [0.15, 0.2) is 24.3 Å². The van der Waals surface area contributed by atoms with Gasteiger partial charge in [0.1, 0.15) is 4.88 Å². The van der Waals surface area contributed by atoms with E-state index in [0.29, 0.717) is 10.6 Å². The van der Waals surface area contributed by atoms with Gasteiger partial charge in [-0.1, -0.05) is 44.7 Å². The van der Waals surface area contributed by atoms with Gasteiger partial charge in [-0.2, -0.15) is 0 Å². The van der Waals surface area contributed by atoms with Gasteiger partial charge in [0.2, 0.25) is 0 Å². The maximum Gasteiger partial charge on any atom is 0.265 e. The minimum absolute atomic E-state index is 0.00481. The van der Waals surface area contributed by atoms with Crippen molar-refractivity contribution in [2.24, 2.45) is 0 Å². The number of nitrogens with zero attached hydrogens (tertiary/aromatic N) is 2. The van der Waals surface area contributed by atoms with E-state index < -0.39 is 0 Å². The number of carbonyl (C=O) groups excluding carboxylic acids is 1. The Morgan fingerprint density at radius 1 is 1.47 bits per heavy atom. The average molecular weight is 338 g/mol. The van der Waals surface area contributed by atoms with Gasteiger partial charge >= 0.3 is 0 Å². The molecule has 2 unspecified atom stereocenters. The van der Waals surface area contributed by atoms with E-state index in [2.05, 4.69) is 43.0 Å². The number of rotatable bonds is 2. The van der Waals surface area contributed by atoms with Gasteiger partial charge < -0.3 is 5.32 Å². The quantitative estimate of drug-likeness (QED) is 0.857. The Morgan fingerprint density at radius 2 is 2.26 bits per heavy atom. The first kappa shape index (κ1) is 12.7. The van der Waals surface area contributed by atoms with Gasteiger partial charge in [0.15, 0.2) is 0 Å². The molecule has 1 aromatic carbocycles. The first-order chi connectivity index (χ1) is 9.16. The van der Waals surface area contributed by atoms with Crippen LogP contribution in [0.1, 0.15) is 32.5 Å². The van der Waals surface area contributed by atoms with Crippen molar-refractivity contribution in [1.29, 1.82) is 0 Å². The lowest BCUT2D eigenvalue weighted by atomic mass is 10.1. The molecule has 6 heteroatoms. The lowest BCUT2D eigenvalue weighted by Crippen LogP contribution is -2.31. The minimum atomic E-state index is -0.0985. The predicted octanol–water partition coefficient (Wildman–Crippen LogP) is 2.64. The van der Waals surface area contributed by atoms with E-state index in [0.717, 1.165) is 18.0 Å². The molecule has 1 heterocycles. The number of carbonyl (C=O) groups is 1. The highest BCUT2D eigenvalue weighted by molar-refractivity contribution is 9.09. The van der Waals surface area contributed by atoms with Crippen molar-refractivity contribution < 1.29 is 4.79 Å². The Kier molecular flexibility index (Phi) is 3.36. The summed E-state index contributed by atoms with van der Waals surface area (Å²) in [4.78, 5) is 13.1. The number of aromatic nitrogens is 2. The Hall–Kier alpha value is -1.27. The van der Waals surface area contributed by atoms with Crippen LogP contribution in [0.2, 0.25) is 0 Å². The van der Waals surface area contributed by atoms with Crippen LogP contribution in [-0.2, 0) is 6.42 Å². The van der Waals surface area contributed by atoms with Gasteiger partial charge in [-0.05, 0) is 36.0 Å². The van der Waals surface area contributed by atoms with Crippen LogP contribution < -0.4 is 5.32 Å². The topological polar surface area (TPSA) is 54.9 Å². The lowest BCUT2D eigenvalue weighted by Gasteiger charge is -2.17. The maximum atomic E-state index is 12.2. The summed E-state index contributed by atoms with van der Waals surface area (Å²) in [6, 6.07) is 8.21. The molecule has 1 N–H and O–H groups in total. The maximum absolute atomic E-state index is 12.2. The molecule has 19 heavy (non-hydrogen) atoms. The molecule has 3 rings (SSSR count). The number of hydrogen-bond donors (Lipinski definition) is 1. The van der Waals surface area contributed by atoms with Crippen molar-refractivity contribution >= 4 is 33.4 Å². The average Bonchev–Trinajstić information content (AvgIpc) is 2.94. The molecule has 1 amide bonds. The minimum Gasteiger partial charge on any atom is -0.343 e. The summed E-state index contributed by atoms with van der Waals surface area (Å²) >= 11 is 4.79. The van der Waals surface area contributed by atoms with Crippen LogP contribution in [0.5, 0.6) is 0 Å². The second-order valence-corrected chi connectivity index (χ2v) is 6.49. The Bertz CT molecular complexity index is 628. The summed E-state index contributed by atoms with van der Waals surface area (Å²) in [6.07, 6.45) is 0.932. The van der Waals surface area contributed by atoms with Crippen LogP contribution in [0.4, 0.5) is 0 Å². The van der Waals surface area contributed by atoms with Crippen LogP contribution in [-0.4, -0.2) is 20.3 Å². The van der Waals surface area contributed by atoms with Crippen molar-refractivity contribution in [2.45, 2.75) is 24.2 Å². The molecule has 0 spiro atoms. The number of amides is 1. The van der Waals surface area contributed by atoms with Gasteiger partial charge in [0, 0.05) is 4.83 Å². The van der Waals surface area contributed by atoms with E-state index in [4.69, 9.17) is 0 Å². The molecule has 1 aromatic heterocycles. The molecule has 0 radical (unpaired) electrons. The molecule has 0 aliphatic heterocycles. The molecule has 0 saturated heterocycles.